The maximum Gasteiger partial charge on any atom is 0.264 e. The summed E-state index contributed by atoms with van der Waals surface area (Å²) in [5.74, 6) is 1.08. The lowest BCUT2D eigenvalue weighted by Gasteiger charge is -2.07. The Morgan fingerprint density at radius 2 is 1.88 bits per heavy atom. The van der Waals surface area contributed by atoms with Gasteiger partial charge < -0.3 is 14.8 Å². The normalized spacial score (nSPS) is 16.8. The summed E-state index contributed by atoms with van der Waals surface area (Å²) in [4.78, 5) is 17.1. The first-order valence-electron chi connectivity index (χ1n) is 7.47. The predicted molar refractivity (Wildman–Crippen MR) is 107 cm³/mol. The number of aliphatic imine (C=N–C) groups is 1. The van der Waals surface area contributed by atoms with Crippen molar-refractivity contribution < 1.29 is 14.3 Å². The molecule has 1 heterocycles. The van der Waals surface area contributed by atoms with Gasteiger partial charge in [-0.1, -0.05) is 23.2 Å². The van der Waals surface area contributed by atoms with Crippen LogP contribution in [0.2, 0.25) is 10.0 Å². The maximum atomic E-state index is 12.3. The van der Waals surface area contributed by atoms with Crippen molar-refractivity contribution in [2.24, 2.45) is 4.99 Å². The number of carbonyl (C=O) groups excluding carboxylic acids is 1. The molecule has 134 valence electrons. The molecule has 1 fully saturated rings. The number of benzene rings is 2. The van der Waals surface area contributed by atoms with E-state index < -0.39 is 0 Å². The summed E-state index contributed by atoms with van der Waals surface area (Å²) in [7, 11) is 3.15. The molecule has 1 N–H and O–H groups in total. The van der Waals surface area contributed by atoms with Crippen LogP contribution in [0.5, 0.6) is 11.5 Å². The summed E-state index contributed by atoms with van der Waals surface area (Å²) in [5.41, 5.74) is 1.34. The maximum absolute atomic E-state index is 12.3. The lowest BCUT2D eigenvalue weighted by molar-refractivity contribution is -0.115. The summed E-state index contributed by atoms with van der Waals surface area (Å²) < 4.78 is 10.6. The van der Waals surface area contributed by atoms with Crippen LogP contribution in [0.25, 0.3) is 6.08 Å². The van der Waals surface area contributed by atoms with Gasteiger partial charge in [0.2, 0.25) is 0 Å². The SMILES string of the molecule is COc1ccc(OC)c(C=C2SC(=Nc3ccc(Cl)c(Cl)c3)NC2=O)c1. The van der Waals surface area contributed by atoms with Crippen LogP contribution in [0.1, 0.15) is 5.56 Å². The van der Waals surface area contributed by atoms with Crippen molar-refractivity contribution in [3.05, 3.63) is 56.9 Å². The molecule has 0 spiro atoms. The number of hydrogen-bond acceptors (Lipinski definition) is 5. The number of rotatable bonds is 4. The number of nitrogens with zero attached hydrogens (tertiary/aromatic N) is 1. The van der Waals surface area contributed by atoms with E-state index >= 15 is 0 Å². The third-order valence-electron chi connectivity index (χ3n) is 3.51. The summed E-state index contributed by atoms with van der Waals surface area (Å²) >= 11 is 13.1. The molecule has 1 saturated heterocycles. The van der Waals surface area contributed by atoms with Crippen LogP contribution in [-0.2, 0) is 4.79 Å². The van der Waals surface area contributed by atoms with Crippen molar-refractivity contribution in [3.63, 3.8) is 0 Å². The van der Waals surface area contributed by atoms with Gasteiger partial charge >= 0.3 is 0 Å². The molecule has 0 aliphatic carbocycles. The Morgan fingerprint density at radius 3 is 2.58 bits per heavy atom. The largest absolute Gasteiger partial charge is 0.497 e. The lowest BCUT2D eigenvalue weighted by Crippen LogP contribution is -2.19. The summed E-state index contributed by atoms with van der Waals surface area (Å²) in [6, 6.07) is 10.4. The van der Waals surface area contributed by atoms with Gasteiger partial charge in [-0.25, -0.2) is 4.99 Å². The highest BCUT2D eigenvalue weighted by Gasteiger charge is 2.24. The fourth-order valence-electron chi connectivity index (χ4n) is 2.25. The molecule has 0 aromatic heterocycles. The van der Waals surface area contributed by atoms with Crippen LogP contribution >= 0.6 is 35.0 Å². The van der Waals surface area contributed by atoms with Crippen LogP contribution in [-0.4, -0.2) is 25.3 Å². The number of ether oxygens (including phenoxy) is 2. The van der Waals surface area contributed by atoms with E-state index in [1.165, 1.54) is 11.8 Å². The third kappa shape index (κ3) is 4.15. The number of amidine groups is 1. The Bertz CT molecular complexity index is 929. The number of thioether (sulfide) groups is 1. The number of halogens is 2. The fourth-order valence-corrected chi connectivity index (χ4v) is 3.37. The molecule has 0 saturated carbocycles. The minimum atomic E-state index is -0.237. The molecular formula is C18H14Cl2N2O3S. The van der Waals surface area contributed by atoms with Crippen molar-refractivity contribution in [1.82, 2.24) is 5.32 Å². The Labute approximate surface area is 165 Å². The summed E-state index contributed by atoms with van der Waals surface area (Å²) in [6.07, 6.45) is 1.73. The molecule has 0 atom stereocenters. The molecule has 8 heteroatoms. The van der Waals surface area contributed by atoms with Gasteiger partial charge in [0.25, 0.3) is 5.91 Å². The van der Waals surface area contributed by atoms with Crippen molar-refractivity contribution in [1.29, 1.82) is 0 Å². The Morgan fingerprint density at radius 1 is 1.08 bits per heavy atom. The third-order valence-corrected chi connectivity index (χ3v) is 5.16. The van der Waals surface area contributed by atoms with Crippen molar-refractivity contribution in [3.8, 4) is 11.5 Å². The van der Waals surface area contributed by atoms with Crippen molar-refractivity contribution in [2.75, 3.05) is 14.2 Å². The van der Waals surface area contributed by atoms with Gasteiger partial charge in [-0.2, -0.15) is 0 Å². The van der Waals surface area contributed by atoms with Gasteiger partial charge in [-0.15, -0.1) is 0 Å². The van der Waals surface area contributed by atoms with E-state index in [-0.39, 0.29) is 5.91 Å². The molecule has 5 nitrogen and oxygen atoms in total. The van der Waals surface area contributed by atoms with Crippen LogP contribution in [0.4, 0.5) is 5.69 Å². The zero-order chi connectivity index (χ0) is 18.7. The van der Waals surface area contributed by atoms with Gasteiger partial charge in [0.05, 0.1) is 34.9 Å². The highest BCUT2D eigenvalue weighted by molar-refractivity contribution is 8.18. The Balaban J connectivity index is 1.89. The van der Waals surface area contributed by atoms with E-state index in [2.05, 4.69) is 10.3 Å². The predicted octanol–water partition coefficient (Wildman–Crippen LogP) is 4.90. The van der Waals surface area contributed by atoms with E-state index in [1.54, 1.807) is 56.7 Å². The molecule has 1 aliphatic heterocycles. The first-order chi connectivity index (χ1) is 12.5. The van der Waals surface area contributed by atoms with Gasteiger partial charge in [-0.3, -0.25) is 4.79 Å². The van der Waals surface area contributed by atoms with Gasteiger partial charge in [0.1, 0.15) is 11.5 Å². The number of amides is 1. The lowest BCUT2D eigenvalue weighted by atomic mass is 10.1. The molecule has 0 radical (unpaired) electrons. The Hall–Kier alpha value is -2.15. The second-order valence-electron chi connectivity index (χ2n) is 5.19. The molecule has 1 aliphatic rings. The van der Waals surface area contributed by atoms with Crippen molar-refractivity contribution in [2.45, 2.75) is 0 Å². The van der Waals surface area contributed by atoms with Gasteiger partial charge in [0, 0.05) is 5.56 Å². The molecule has 26 heavy (non-hydrogen) atoms. The van der Waals surface area contributed by atoms with E-state index in [1.807, 2.05) is 0 Å². The molecule has 1 amide bonds. The second-order valence-corrected chi connectivity index (χ2v) is 7.03. The van der Waals surface area contributed by atoms with E-state index in [9.17, 15) is 4.79 Å². The molecule has 0 bridgehead atoms. The standard InChI is InChI=1S/C18H14Cl2N2O3S/c1-24-12-4-6-15(25-2)10(7-12)8-16-17(23)22-18(26-16)21-11-3-5-13(19)14(20)9-11/h3-9H,1-2H3,(H,21,22,23). The minimum Gasteiger partial charge on any atom is -0.497 e. The average Bonchev–Trinajstić information content (AvgIpc) is 2.97. The average molecular weight is 409 g/mol. The van der Waals surface area contributed by atoms with Crippen LogP contribution in [0.15, 0.2) is 46.3 Å². The van der Waals surface area contributed by atoms with Crippen LogP contribution < -0.4 is 14.8 Å². The molecule has 3 rings (SSSR count). The highest BCUT2D eigenvalue weighted by Crippen LogP contribution is 2.33. The molecule has 0 unspecified atom stereocenters. The molecular weight excluding hydrogens is 395 g/mol. The summed E-state index contributed by atoms with van der Waals surface area (Å²) in [6.45, 7) is 0. The first kappa shape index (κ1) is 18.6. The molecule has 2 aromatic carbocycles. The molecule has 2 aromatic rings. The van der Waals surface area contributed by atoms with Gasteiger partial charge in [-0.05, 0) is 54.2 Å². The second kappa shape index (κ2) is 8.03. The van der Waals surface area contributed by atoms with Gasteiger partial charge in [0.15, 0.2) is 5.17 Å². The quantitative estimate of drug-likeness (QED) is 0.730. The van der Waals surface area contributed by atoms with E-state index in [0.717, 1.165) is 5.56 Å². The minimum absolute atomic E-state index is 0.237. The number of methoxy groups -OCH3 is 2. The summed E-state index contributed by atoms with van der Waals surface area (Å²) in [5, 5.41) is 4.04. The topological polar surface area (TPSA) is 59.9 Å². The zero-order valence-electron chi connectivity index (χ0n) is 13.9. The number of carbonyl (C=O) groups is 1. The van der Waals surface area contributed by atoms with Crippen molar-refractivity contribution >= 4 is 57.8 Å². The van der Waals surface area contributed by atoms with E-state index in [0.29, 0.717) is 37.3 Å². The van der Waals surface area contributed by atoms with Crippen LogP contribution in [0, 0.1) is 0 Å². The van der Waals surface area contributed by atoms with E-state index in [4.69, 9.17) is 32.7 Å². The monoisotopic (exact) mass is 408 g/mol. The Kier molecular flexibility index (Phi) is 5.76. The smallest absolute Gasteiger partial charge is 0.264 e. The zero-order valence-corrected chi connectivity index (χ0v) is 16.2. The fraction of sp³-hybridized carbons (Fsp3) is 0.111. The highest BCUT2D eigenvalue weighted by atomic mass is 35.5. The number of hydrogen-bond donors (Lipinski definition) is 1. The first-order valence-corrected chi connectivity index (χ1v) is 9.04. The van der Waals surface area contributed by atoms with Crippen LogP contribution in [0.3, 0.4) is 0 Å². The number of nitrogens with one attached hydrogen (secondary N) is 1.